The van der Waals surface area contributed by atoms with E-state index in [2.05, 4.69) is 14.9 Å². The van der Waals surface area contributed by atoms with Gasteiger partial charge in [0.2, 0.25) is 10.0 Å². The normalized spacial score (nSPS) is 17.7. The Balaban J connectivity index is 1.28. The highest BCUT2D eigenvalue weighted by atomic mass is 32.2. The molecule has 170 valence electrons. The third kappa shape index (κ3) is 3.79. The molecular formula is C21H24N4O5S2. The number of aromatic nitrogens is 2. The van der Waals surface area contributed by atoms with Gasteiger partial charge in [0.05, 0.1) is 16.8 Å². The van der Waals surface area contributed by atoms with Gasteiger partial charge in [0.1, 0.15) is 23.9 Å². The summed E-state index contributed by atoms with van der Waals surface area (Å²) in [7, 11) is -3.63. The molecule has 0 radical (unpaired) electrons. The van der Waals surface area contributed by atoms with Crippen molar-refractivity contribution in [3.63, 3.8) is 0 Å². The minimum absolute atomic E-state index is 0.119. The van der Waals surface area contributed by atoms with E-state index in [1.54, 1.807) is 12.1 Å². The lowest BCUT2D eigenvalue weighted by Gasteiger charge is -2.33. The van der Waals surface area contributed by atoms with Gasteiger partial charge in [-0.1, -0.05) is 0 Å². The third-order valence-corrected chi connectivity index (χ3v) is 8.94. The number of thiophene rings is 1. The first-order valence-corrected chi connectivity index (χ1v) is 12.7. The Morgan fingerprint density at radius 2 is 1.81 bits per heavy atom. The highest BCUT2D eigenvalue weighted by Gasteiger charge is 2.30. The first-order chi connectivity index (χ1) is 15.3. The van der Waals surface area contributed by atoms with Crippen LogP contribution < -0.4 is 15.0 Å². The number of rotatable bonds is 4. The molecule has 1 N–H and O–H groups in total. The summed E-state index contributed by atoms with van der Waals surface area (Å²) in [5.41, 5.74) is 0.856. The van der Waals surface area contributed by atoms with Crippen molar-refractivity contribution in [1.82, 2.24) is 19.2 Å². The highest BCUT2D eigenvalue weighted by molar-refractivity contribution is 7.89. The second-order valence-corrected chi connectivity index (χ2v) is 11.1. The van der Waals surface area contributed by atoms with Gasteiger partial charge in [-0.3, -0.25) is 9.69 Å². The number of nitrogens with one attached hydrogen (secondary N) is 1. The van der Waals surface area contributed by atoms with Crippen molar-refractivity contribution >= 4 is 31.6 Å². The Kier molecular flexibility index (Phi) is 5.44. The summed E-state index contributed by atoms with van der Waals surface area (Å²) in [5, 5.41) is 0.659. The number of benzene rings is 1. The van der Waals surface area contributed by atoms with Crippen LogP contribution in [-0.2, 0) is 16.6 Å². The maximum atomic E-state index is 13.1. The first kappa shape index (κ1) is 21.4. The van der Waals surface area contributed by atoms with Crippen LogP contribution in [-0.4, -0.2) is 67.0 Å². The maximum absolute atomic E-state index is 13.1. The lowest BCUT2D eigenvalue weighted by Crippen LogP contribution is -2.48. The molecule has 4 heterocycles. The Bertz CT molecular complexity index is 1340. The molecule has 2 aliphatic rings. The summed E-state index contributed by atoms with van der Waals surface area (Å²) < 4.78 is 38.7. The van der Waals surface area contributed by atoms with Crippen molar-refractivity contribution in [3.05, 3.63) is 44.8 Å². The van der Waals surface area contributed by atoms with Crippen LogP contribution >= 0.6 is 11.3 Å². The van der Waals surface area contributed by atoms with Crippen LogP contribution in [0.4, 0.5) is 0 Å². The third-order valence-electron chi connectivity index (χ3n) is 5.94. The van der Waals surface area contributed by atoms with Crippen LogP contribution in [0.5, 0.6) is 11.5 Å². The summed E-state index contributed by atoms with van der Waals surface area (Å²) in [6.07, 6.45) is 0. The van der Waals surface area contributed by atoms with Crippen LogP contribution in [0.3, 0.4) is 0 Å². The summed E-state index contributed by atoms with van der Waals surface area (Å²) in [4.78, 5) is 24.2. The fraction of sp³-hybridized carbons (Fsp3) is 0.429. The van der Waals surface area contributed by atoms with Crippen LogP contribution in [0.1, 0.15) is 16.3 Å². The SMILES string of the molecule is Cc1sc2nc(CN3CCN(S(=O)(=O)c4ccc5c(c4)OCCO5)CC3)[nH]c(=O)c2c1C. The predicted molar refractivity (Wildman–Crippen MR) is 121 cm³/mol. The lowest BCUT2D eigenvalue weighted by molar-refractivity contribution is 0.170. The lowest BCUT2D eigenvalue weighted by atomic mass is 10.2. The topological polar surface area (TPSA) is 105 Å². The number of nitrogens with zero attached hydrogens (tertiary/aromatic N) is 3. The number of piperazine rings is 1. The molecular weight excluding hydrogens is 452 g/mol. The molecule has 0 amide bonds. The van der Waals surface area contributed by atoms with Gasteiger partial charge in [0.15, 0.2) is 11.5 Å². The van der Waals surface area contributed by atoms with Crippen molar-refractivity contribution in [3.8, 4) is 11.5 Å². The smallest absolute Gasteiger partial charge is 0.259 e. The van der Waals surface area contributed by atoms with Crippen LogP contribution in [0.2, 0.25) is 0 Å². The number of aromatic amines is 1. The zero-order chi connectivity index (χ0) is 22.5. The summed E-state index contributed by atoms with van der Waals surface area (Å²) >= 11 is 1.52. The minimum Gasteiger partial charge on any atom is -0.486 e. The van der Waals surface area contributed by atoms with Crippen LogP contribution in [0, 0.1) is 13.8 Å². The highest BCUT2D eigenvalue weighted by Crippen LogP contribution is 2.33. The molecule has 1 saturated heterocycles. The van der Waals surface area contributed by atoms with Gasteiger partial charge in [0, 0.05) is 37.1 Å². The van der Waals surface area contributed by atoms with Crippen molar-refractivity contribution < 1.29 is 17.9 Å². The Labute approximate surface area is 189 Å². The zero-order valence-corrected chi connectivity index (χ0v) is 19.5. The van der Waals surface area contributed by atoms with Gasteiger partial charge in [0.25, 0.3) is 5.56 Å². The molecule has 5 rings (SSSR count). The Morgan fingerprint density at radius 1 is 1.09 bits per heavy atom. The van der Waals surface area contributed by atoms with Gasteiger partial charge < -0.3 is 14.5 Å². The van der Waals surface area contributed by atoms with E-state index in [1.165, 1.54) is 21.7 Å². The van der Waals surface area contributed by atoms with Gasteiger partial charge in [-0.15, -0.1) is 11.3 Å². The molecule has 32 heavy (non-hydrogen) atoms. The van der Waals surface area contributed by atoms with Crippen molar-refractivity contribution in [2.75, 3.05) is 39.4 Å². The number of hydrogen-bond acceptors (Lipinski definition) is 8. The van der Waals surface area contributed by atoms with E-state index in [1.807, 2.05) is 13.8 Å². The number of H-pyrrole nitrogens is 1. The molecule has 0 saturated carbocycles. The van der Waals surface area contributed by atoms with E-state index in [4.69, 9.17) is 9.47 Å². The number of ether oxygens (including phenoxy) is 2. The maximum Gasteiger partial charge on any atom is 0.259 e. The molecule has 0 spiro atoms. The number of aryl methyl sites for hydroxylation is 2. The summed E-state index contributed by atoms with van der Waals surface area (Å²) in [6.45, 7) is 7.08. The van der Waals surface area contributed by atoms with Gasteiger partial charge >= 0.3 is 0 Å². The number of hydrogen-bond donors (Lipinski definition) is 1. The summed E-state index contributed by atoms with van der Waals surface area (Å²) in [5.74, 6) is 1.63. The first-order valence-electron chi connectivity index (χ1n) is 10.4. The average molecular weight is 477 g/mol. The second-order valence-electron chi connectivity index (χ2n) is 7.96. The molecule has 0 unspecified atom stereocenters. The van der Waals surface area contributed by atoms with Gasteiger partial charge in [-0.05, 0) is 31.5 Å². The van der Waals surface area contributed by atoms with E-state index in [0.717, 1.165) is 15.3 Å². The molecule has 3 aromatic rings. The van der Waals surface area contributed by atoms with E-state index in [9.17, 15) is 13.2 Å². The molecule has 1 aromatic carbocycles. The Morgan fingerprint density at radius 3 is 2.56 bits per heavy atom. The van der Waals surface area contributed by atoms with E-state index < -0.39 is 10.0 Å². The second kappa shape index (κ2) is 8.14. The molecule has 0 aliphatic carbocycles. The molecule has 2 aromatic heterocycles. The summed E-state index contributed by atoms with van der Waals surface area (Å²) in [6, 6.07) is 4.74. The Hall–Kier alpha value is -2.47. The molecule has 0 atom stereocenters. The van der Waals surface area contributed by atoms with Crippen LogP contribution in [0.15, 0.2) is 27.9 Å². The molecule has 2 aliphatic heterocycles. The largest absolute Gasteiger partial charge is 0.486 e. The van der Waals surface area contributed by atoms with Crippen molar-refractivity contribution in [2.24, 2.45) is 0 Å². The number of fused-ring (bicyclic) bond motifs is 2. The molecule has 11 heteroatoms. The quantitative estimate of drug-likeness (QED) is 0.613. The van der Waals surface area contributed by atoms with E-state index in [-0.39, 0.29) is 10.5 Å². The fourth-order valence-corrected chi connectivity index (χ4v) is 6.53. The molecule has 0 bridgehead atoms. The van der Waals surface area contributed by atoms with Gasteiger partial charge in [-0.2, -0.15) is 4.31 Å². The van der Waals surface area contributed by atoms with E-state index in [0.29, 0.717) is 68.6 Å². The van der Waals surface area contributed by atoms with Gasteiger partial charge in [-0.25, -0.2) is 13.4 Å². The fourth-order valence-electron chi connectivity index (χ4n) is 4.05. The minimum atomic E-state index is -3.63. The standard InChI is InChI=1S/C21H24N4O5S2/c1-13-14(2)31-21-19(13)20(26)22-18(23-21)12-24-5-7-25(8-6-24)32(27,28)15-3-4-16-17(11-15)30-10-9-29-16/h3-4,11H,5-10,12H2,1-2H3,(H,22,23,26). The molecule has 9 nitrogen and oxygen atoms in total. The zero-order valence-electron chi connectivity index (χ0n) is 17.9. The average Bonchev–Trinajstić information content (AvgIpc) is 3.07. The number of sulfonamides is 1. The molecule has 1 fully saturated rings. The van der Waals surface area contributed by atoms with Crippen molar-refractivity contribution in [1.29, 1.82) is 0 Å². The van der Waals surface area contributed by atoms with Crippen molar-refractivity contribution in [2.45, 2.75) is 25.3 Å². The predicted octanol–water partition coefficient (Wildman–Crippen LogP) is 1.88. The van der Waals surface area contributed by atoms with Crippen LogP contribution in [0.25, 0.3) is 10.2 Å². The monoisotopic (exact) mass is 476 g/mol. The van der Waals surface area contributed by atoms with E-state index >= 15 is 0 Å².